The van der Waals surface area contributed by atoms with E-state index < -0.39 is 5.41 Å². The van der Waals surface area contributed by atoms with Crippen molar-refractivity contribution in [3.8, 4) is 56.5 Å². The molecule has 56 heavy (non-hydrogen) atoms. The van der Waals surface area contributed by atoms with Crippen molar-refractivity contribution in [1.82, 2.24) is 9.97 Å². The second kappa shape index (κ2) is 11.8. The molecule has 12 rings (SSSR count). The lowest BCUT2D eigenvalue weighted by Crippen LogP contribution is -2.32. The maximum absolute atomic E-state index is 7.18. The summed E-state index contributed by atoms with van der Waals surface area (Å²) >= 11 is 0. The molecule has 0 saturated heterocycles. The molecule has 260 valence electrons. The summed E-state index contributed by atoms with van der Waals surface area (Å²) in [7, 11) is 0. The van der Waals surface area contributed by atoms with Gasteiger partial charge >= 0.3 is 0 Å². The molecule has 1 unspecified atom stereocenters. The van der Waals surface area contributed by atoms with Crippen molar-refractivity contribution in [2.45, 2.75) is 5.41 Å². The van der Waals surface area contributed by atoms with Crippen LogP contribution in [-0.4, -0.2) is 9.97 Å². The van der Waals surface area contributed by atoms with Gasteiger partial charge in [0.05, 0.1) is 16.8 Å². The Kier molecular flexibility index (Phi) is 6.55. The number of hydrogen-bond acceptors (Lipinski definition) is 3. The zero-order valence-electron chi connectivity index (χ0n) is 30.3. The standard InChI is InChI=1S/C53H32N2O/c1-2-17-34(18-3-1)52-54-46(38-26-14-19-33-16-4-5-20-35(33)38)32-47(55-52)42-27-15-30-45-51(42)56-48-31-13-12-29-44(48)53(45)43-28-11-10-25-41(43)49-39-23-8-6-21-36(39)37-22-7-9-24-40(37)50(49)53/h1-32H. The van der Waals surface area contributed by atoms with Crippen molar-refractivity contribution in [2.75, 3.05) is 0 Å². The molecular weight excluding hydrogens is 681 g/mol. The zero-order chi connectivity index (χ0) is 36.8. The lowest BCUT2D eigenvalue weighted by molar-refractivity contribution is 0.438. The highest BCUT2D eigenvalue weighted by atomic mass is 16.5. The maximum Gasteiger partial charge on any atom is 0.160 e. The molecule has 1 aliphatic carbocycles. The molecule has 0 radical (unpaired) electrons. The molecule has 10 aromatic rings. The van der Waals surface area contributed by atoms with Crippen LogP contribution in [0.5, 0.6) is 11.5 Å². The number of aromatic nitrogens is 2. The average molecular weight is 713 g/mol. The molecular formula is C53H32N2O. The van der Waals surface area contributed by atoms with Crippen molar-refractivity contribution in [2.24, 2.45) is 0 Å². The monoisotopic (exact) mass is 712 g/mol. The summed E-state index contributed by atoms with van der Waals surface area (Å²) in [6.45, 7) is 0. The van der Waals surface area contributed by atoms with E-state index in [1.54, 1.807) is 0 Å². The molecule has 2 heterocycles. The summed E-state index contributed by atoms with van der Waals surface area (Å²) in [5, 5.41) is 7.34. The fraction of sp³-hybridized carbons (Fsp3) is 0.0189. The molecule has 2 aliphatic rings. The lowest BCUT2D eigenvalue weighted by Gasteiger charge is -2.40. The van der Waals surface area contributed by atoms with Gasteiger partial charge in [0.25, 0.3) is 0 Å². The van der Waals surface area contributed by atoms with E-state index in [4.69, 9.17) is 14.7 Å². The number of ether oxygens (including phenoxy) is 1. The Labute approximate surface area is 324 Å². The van der Waals surface area contributed by atoms with Crippen LogP contribution < -0.4 is 4.74 Å². The fourth-order valence-electron chi connectivity index (χ4n) is 9.69. The average Bonchev–Trinajstić information content (AvgIpc) is 3.58. The Morgan fingerprint density at radius 3 is 1.79 bits per heavy atom. The van der Waals surface area contributed by atoms with Gasteiger partial charge in [0.2, 0.25) is 0 Å². The summed E-state index contributed by atoms with van der Waals surface area (Å²) in [6, 6.07) is 69.4. The first-order valence-corrected chi connectivity index (χ1v) is 19.2. The number of para-hydroxylation sites is 2. The highest BCUT2D eigenvalue weighted by molar-refractivity contribution is 6.19. The van der Waals surface area contributed by atoms with Crippen LogP contribution in [0.3, 0.4) is 0 Å². The number of rotatable bonds is 3. The number of nitrogens with zero attached hydrogens (tertiary/aromatic N) is 2. The van der Waals surface area contributed by atoms with Crippen molar-refractivity contribution >= 4 is 32.3 Å². The summed E-state index contributed by atoms with van der Waals surface area (Å²) in [4.78, 5) is 10.6. The van der Waals surface area contributed by atoms with Gasteiger partial charge in [-0.05, 0) is 72.8 Å². The van der Waals surface area contributed by atoms with E-state index in [1.165, 1.54) is 49.2 Å². The van der Waals surface area contributed by atoms with Crippen molar-refractivity contribution in [1.29, 1.82) is 0 Å². The smallest absolute Gasteiger partial charge is 0.160 e. The molecule has 1 aliphatic heterocycles. The molecule has 0 fully saturated rings. The molecule has 1 spiro atoms. The van der Waals surface area contributed by atoms with Gasteiger partial charge in [-0.25, -0.2) is 9.97 Å². The summed E-state index contributed by atoms with van der Waals surface area (Å²) in [6.07, 6.45) is 0. The minimum atomic E-state index is -0.663. The first kappa shape index (κ1) is 31.0. The summed E-state index contributed by atoms with van der Waals surface area (Å²) in [5.41, 5.74) is 11.3. The molecule has 0 saturated carbocycles. The second-order valence-corrected chi connectivity index (χ2v) is 14.8. The predicted molar refractivity (Wildman–Crippen MR) is 228 cm³/mol. The van der Waals surface area contributed by atoms with Crippen LogP contribution in [0.25, 0.3) is 77.3 Å². The Hall–Kier alpha value is -7.36. The minimum absolute atomic E-state index is 0.663. The topological polar surface area (TPSA) is 35.0 Å². The van der Waals surface area contributed by atoms with Gasteiger partial charge in [0.15, 0.2) is 5.82 Å². The molecule has 0 bridgehead atoms. The number of benzene rings is 9. The van der Waals surface area contributed by atoms with E-state index in [0.717, 1.165) is 56.1 Å². The third-order valence-corrected chi connectivity index (χ3v) is 11.9. The largest absolute Gasteiger partial charge is 0.456 e. The van der Waals surface area contributed by atoms with Gasteiger partial charge in [-0.2, -0.15) is 0 Å². The van der Waals surface area contributed by atoms with E-state index in [1.807, 2.05) is 18.2 Å². The van der Waals surface area contributed by atoms with Crippen molar-refractivity contribution in [3.05, 3.63) is 216 Å². The van der Waals surface area contributed by atoms with Crippen molar-refractivity contribution < 1.29 is 4.74 Å². The normalized spacial score (nSPS) is 15.0. The molecule has 1 atom stereocenters. The van der Waals surface area contributed by atoms with E-state index in [0.29, 0.717) is 5.82 Å². The Morgan fingerprint density at radius 2 is 0.946 bits per heavy atom. The van der Waals surface area contributed by atoms with Crippen LogP contribution in [0.4, 0.5) is 0 Å². The van der Waals surface area contributed by atoms with E-state index in [-0.39, 0.29) is 0 Å². The van der Waals surface area contributed by atoms with Gasteiger partial charge in [-0.3, -0.25) is 0 Å². The zero-order valence-corrected chi connectivity index (χ0v) is 30.3. The molecule has 1 aromatic heterocycles. The van der Waals surface area contributed by atoms with Gasteiger partial charge in [-0.1, -0.05) is 176 Å². The van der Waals surface area contributed by atoms with Crippen LogP contribution in [0.2, 0.25) is 0 Å². The number of hydrogen-bond donors (Lipinski definition) is 0. The van der Waals surface area contributed by atoms with Crippen molar-refractivity contribution in [3.63, 3.8) is 0 Å². The predicted octanol–water partition coefficient (Wildman–Crippen LogP) is 13.4. The van der Waals surface area contributed by atoms with Crippen LogP contribution in [-0.2, 0) is 5.41 Å². The van der Waals surface area contributed by atoms with Gasteiger partial charge in [0, 0.05) is 27.8 Å². The molecule has 0 amide bonds. The first-order valence-electron chi connectivity index (χ1n) is 19.2. The lowest BCUT2D eigenvalue weighted by atomic mass is 9.64. The third-order valence-electron chi connectivity index (χ3n) is 11.9. The maximum atomic E-state index is 7.18. The molecule has 3 heteroatoms. The highest BCUT2D eigenvalue weighted by Crippen LogP contribution is 2.65. The van der Waals surface area contributed by atoms with Gasteiger partial charge in [0.1, 0.15) is 11.5 Å². The number of fused-ring (bicyclic) bond motifs is 15. The van der Waals surface area contributed by atoms with Gasteiger partial charge in [-0.15, -0.1) is 0 Å². The van der Waals surface area contributed by atoms with Crippen LogP contribution in [0.15, 0.2) is 194 Å². The third kappa shape index (κ3) is 4.22. The first-order chi connectivity index (χ1) is 27.8. The second-order valence-electron chi connectivity index (χ2n) is 14.8. The van der Waals surface area contributed by atoms with E-state index in [2.05, 4.69) is 176 Å². The quantitative estimate of drug-likeness (QED) is 0.171. The Bertz CT molecular complexity index is 3240. The molecule has 3 nitrogen and oxygen atoms in total. The Morgan fingerprint density at radius 1 is 0.393 bits per heavy atom. The van der Waals surface area contributed by atoms with E-state index in [9.17, 15) is 0 Å². The minimum Gasteiger partial charge on any atom is -0.456 e. The highest BCUT2D eigenvalue weighted by Gasteiger charge is 2.53. The Balaban J connectivity index is 1.20. The van der Waals surface area contributed by atoms with Crippen LogP contribution in [0.1, 0.15) is 22.3 Å². The molecule has 0 N–H and O–H groups in total. The SMILES string of the molecule is c1ccc(-c2nc(-c3cccc4c3Oc3ccccc3C43c4ccccc4-c4c3c3ccccc3c3ccccc43)cc(-c3cccc4ccccc34)n2)cc1. The van der Waals surface area contributed by atoms with Crippen LogP contribution >= 0.6 is 0 Å². The summed E-state index contributed by atoms with van der Waals surface area (Å²) < 4.78 is 7.18. The molecule has 9 aromatic carbocycles. The summed E-state index contributed by atoms with van der Waals surface area (Å²) in [5.74, 6) is 2.33. The van der Waals surface area contributed by atoms with Gasteiger partial charge < -0.3 is 4.74 Å². The fourth-order valence-corrected chi connectivity index (χ4v) is 9.69. The van der Waals surface area contributed by atoms with Crippen LogP contribution in [0, 0.1) is 0 Å². The van der Waals surface area contributed by atoms with E-state index >= 15 is 0 Å².